The second kappa shape index (κ2) is 6.13. The van der Waals surface area contributed by atoms with Crippen LogP contribution in [-0.2, 0) is 0 Å². The fourth-order valence-corrected chi connectivity index (χ4v) is 4.74. The zero-order chi connectivity index (χ0) is 13.1. The lowest BCUT2D eigenvalue weighted by atomic mass is 9.77. The Balaban J connectivity index is 1.48. The predicted octanol–water partition coefficient (Wildman–Crippen LogP) is 3.58. The molecule has 1 aliphatic heterocycles. The molecule has 1 saturated heterocycles. The minimum absolute atomic E-state index is 0.0233. The minimum Gasteiger partial charge on any atom is -0.393 e. The van der Waals surface area contributed by atoms with Crippen LogP contribution in [-0.4, -0.2) is 35.7 Å². The Kier molecular flexibility index (Phi) is 4.48. The van der Waals surface area contributed by atoms with E-state index in [9.17, 15) is 5.11 Å². The number of aliphatic hydroxyl groups excluding tert-OH is 1. The standard InChI is InChI=1S/C17H31NO/c19-16-7-3-1-2-6-15(16)14-18-12-10-17(11-13-18)8-4-5-9-17/h15-16,19H,1-14H2. The molecule has 110 valence electrons. The third kappa shape index (κ3) is 3.33. The predicted molar refractivity (Wildman–Crippen MR) is 79.2 cm³/mol. The maximum Gasteiger partial charge on any atom is 0.0580 e. The van der Waals surface area contributed by atoms with Gasteiger partial charge in [-0.2, -0.15) is 0 Å². The van der Waals surface area contributed by atoms with Crippen LogP contribution in [0.15, 0.2) is 0 Å². The SMILES string of the molecule is OC1CCCCCC1CN1CCC2(CCCC2)CC1. The largest absolute Gasteiger partial charge is 0.393 e. The maximum atomic E-state index is 10.3. The summed E-state index contributed by atoms with van der Waals surface area (Å²) in [5.74, 6) is 0.556. The molecular weight excluding hydrogens is 234 g/mol. The van der Waals surface area contributed by atoms with Gasteiger partial charge in [0.15, 0.2) is 0 Å². The zero-order valence-corrected chi connectivity index (χ0v) is 12.4. The van der Waals surface area contributed by atoms with Gasteiger partial charge in [-0.05, 0) is 62.9 Å². The van der Waals surface area contributed by atoms with E-state index < -0.39 is 0 Å². The number of rotatable bonds is 2. The lowest BCUT2D eigenvalue weighted by molar-refractivity contribution is 0.0459. The first-order valence-corrected chi connectivity index (χ1v) is 8.68. The van der Waals surface area contributed by atoms with E-state index in [0.717, 1.165) is 18.4 Å². The van der Waals surface area contributed by atoms with Crippen LogP contribution in [0.25, 0.3) is 0 Å². The fourth-order valence-electron chi connectivity index (χ4n) is 4.74. The Morgan fingerprint density at radius 3 is 2.26 bits per heavy atom. The molecule has 2 aliphatic carbocycles. The highest BCUT2D eigenvalue weighted by atomic mass is 16.3. The average molecular weight is 265 g/mol. The van der Waals surface area contributed by atoms with Gasteiger partial charge in [0, 0.05) is 6.54 Å². The molecule has 0 aromatic carbocycles. The summed E-state index contributed by atoms with van der Waals surface area (Å²) in [4.78, 5) is 2.66. The molecule has 2 heteroatoms. The van der Waals surface area contributed by atoms with Crippen molar-refractivity contribution in [2.24, 2.45) is 11.3 Å². The lowest BCUT2D eigenvalue weighted by Crippen LogP contribution is -2.42. The van der Waals surface area contributed by atoms with Crippen LogP contribution in [0.1, 0.15) is 70.6 Å². The first-order chi connectivity index (χ1) is 9.27. The molecular formula is C17H31NO. The molecule has 2 saturated carbocycles. The summed E-state index contributed by atoms with van der Waals surface area (Å²) in [5, 5.41) is 10.3. The van der Waals surface area contributed by atoms with E-state index in [0.29, 0.717) is 5.92 Å². The number of aliphatic hydroxyl groups is 1. The zero-order valence-electron chi connectivity index (χ0n) is 12.4. The van der Waals surface area contributed by atoms with E-state index in [-0.39, 0.29) is 6.10 Å². The number of hydrogen-bond acceptors (Lipinski definition) is 2. The Labute approximate surface area is 118 Å². The Hall–Kier alpha value is -0.0800. The van der Waals surface area contributed by atoms with Crippen molar-refractivity contribution in [2.75, 3.05) is 19.6 Å². The van der Waals surface area contributed by atoms with Gasteiger partial charge < -0.3 is 10.0 Å². The molecule has 1 N–H and O–H groups in total. The van der Waals surface area contributed by atoms with Gasteiger partial charge in [-0.1, -0.05) is 32.1 Å². The lowest BCUT2D eigenvalue weighted by Gasteiger charge is -2.41. The average Bonchev–Trinajstić information content (AvgIpc) is 2.78. The van der Waals surface area contributed by atoms with Gasteiger partial charge in [-0.15, -0.1) is 0 Å². The Morgan fingerprint density at radius 1 is 0.842 bits per heavy atom. The van der Waals surface area contributed by atoms with Crippen molar-refractivity contribution in [1.29, 1.82) is 0 Å². The summed E-state index contributed by atoms with van der Waals surface area (Å²) >= 11 is 0. The molecule has 3 rings (SSSR count). The molecule has 0 radical (unpaired) electrons. The van der Waals surface area contributed by atoms with Crippen molar-refractivity contribution in [1.82, 2.24) is 4.90 Å². The third-order valence-corrected chi connectivity index (χ3v) is 6.19. The van der Waals surface area contributed by atoms with Crippen molar-refractivity contribution in [3.8, 4) is 0 Å². The summed E-state index contributed by atoms with van der Waals surface area (Å²) in [6.07, 6.45) is 15.0. The van der Waals surface area contributed by atoms with Crippen LogP contribution in [0.2, 0.25) is 0 Å². The van der Waals surface area contributed by atoms with Crippen molar-refractivity contribution >= 4 is 0 Å². The van der Waals surface area contributed by atoms with Crippen LogP contribution in [0, 0.1) is 11.3 Å². The van der Waals surface area contributed by atoms with Gasteiger partial charge in [0.05, 0.1) is 6.10 Å². The second-order valence-corrected chi connectivity index (χ2v) is 7.47. The van der Waals surface area contributed by atoms with E-state index in [1.165, 1.54) is 77.3 Å². The van der Waals surface area contributed by atoms with E-state index in [2.05, 4.69) is 4.90 Å². The van der Waals surface area contributed by atoms with Gasteiger partial charge in [-0.3, -0.25) is 0 Å². The van der Waals surface area contributed by atoms with Crippen molar-refractivity contribution in [3.05, 3.63) is 0 Å². The molecule has 0 amide bonds. The van der Waals surface area contributed by atoms with Gasteiger partial charge in [0.1, 0.15) is 0 Å². The number of piperidine rings is 1. The molecule has 19 heavy (non-hydrogen) atoms. The summed E-state index contributed by atoms with van der Waals surface area (Å²) in [6.45, 7) is 3.75. The summed E-state index contributed by atoms with van der Waals surface area (Å²) in [5.41, 5.74) is 0.735. The maximum absolute atomic E-state index is 10.3. The molecule has 2 atom stereocenters. The molecule has 1 spiro atoms. The van der Waals surface area contributed by atoms with E-state index in [1.54, 1.807) is 0 Å². The topological polar surface area (TPSA) is 23.5 Å². The third-order valence-electron chi connectivity index (χ3n) is 6.19. The summed E-state index contributed by atoms with van der Waals surface area (Å²) in [6, 6.07) is 0. The van der Waals surface area contributed by atoms with Crippen molar-refractivity contribution in [3.63, 3.8) is 0 Å². The summed E-state index contributed by atoms with van der Waals surface area (Å²) < 4.78 is 0. The molecule has 2 unspecified atom stereocenters. The smallest absolute Gasteiger partial charge is 0.0580 e. The van der Waals surface area contributed by atoms with Crippen molar-refractivity contribution in [2.45, 2.75) is 76.7 Å². The fraction of sp³-hybridized carbons (Fsp3) is 1.00. The number of hydrogen-bond donors (Lipinski definition) is 1. The van der Waals surface area contributed by atoms with Crippen LogP contribution in [0.3, 0.4) is 0 Å². The van der Waals surface area contributed by atoms with Gasteiger partial charge in [0.25, 0.3) is 0 Å². The molecule has 2 nitrogen and oxygen atoms in total. The number of nitrogens with zero attached hydrogens (tertiary/aromatic N) is 1. The quantitative estimate of drug-likeness (QED) is 0.771. The van der Waals surface area contributed by atoms with Crippen LogP contribution >= 0.6 is 0 Å². The highest BCUT2D eigenvalue weighted by Crippen LogP contribution is 2.46. The highest BCUT2D eigenvalue weighted by Gasteiger charge is 2.37. The molecule has 1 heterocycles. The number of likely N-dealkylation sites (tertiary alicyclic amines) is 1. The van der Waals surface area contributed by atoms with E-state index in [1.807, 2.05) is 0 Å². The normalized spacial score (nSPS) is 36.5. The molecule has 0 aromatic rings. The first-order valence-electron chi connectivity index (χ1n) is 8.68. The van der Waals surface area contributed by atoms with Crippen LogP contribution < -0.4 is 0 Å². The van der Waals surface area contributed by atoms with Crippen LogP contribution in [0.5, 0.6) is 0 Å². The first kappa shape index (κ1) is 13.9. The monoisotopic (exact) mass is 265 g/mol. The van der Waals surface area contributed by atoms with Gasteiger partial charge >= 0.3 is 0 Å². The highest BCUT2D eigenvalue weighted by molar-refractivity contribution is 4.90. The minimum atomic E-state index is -0.0233. The Morgan fingerprint density at radius 2 is 1.53 bits per heavy atom. The molecule has 0 bridgehead atoms. The van der Waals surface area contributed by atoms with Crippen LogP contribution in [0.4, 0.5) is 0 Å². The van der Waals surface area contributed by atoms with Crippen molar-refractivity contribution < 1.29 is 5.11 Å². The van der Waals surface area contributed by atoms with Gasteiger partial charge in [0.2, 0.25) is 0 Å². The molecule has 0 aromatic heterocycles. The molecule has 3 fully saturated rings. The van der Waals surface area contributed by atoms with E-state index in [4.69, 9.17) is 0 Å². The second-order valence-electron chi connectivity index (χ2n) is 7.47. The summed E-state index contributed by atoms with van der Waals surface area (Å²) in [7, 11) is 0. The van der Waals surface area contributed by atoms with E-state index >= 15 is 0 Å². The van der Waals surface area contributed by atoms with Gasteiger partial charge in [-0.25, -0.2) is 0 Å². The Bertz CT molecular complexity index is 275. The molecule has 3 aliphatic rings.